The van der Waals surface area contributed by atoms with Gasteiger partial charge in [0.1, 0.15) is 17.9 Å². The van der Waals surface area contributed by atoms with Crippen LogP contribution in [0.4, 0.5) is 4.39 Å². The molecule has 4 rings (SSSR count). The Bertz CT molecular complexity index is 1030. The summed E-state index contributed by atoms with van der Waals surface area (Å²) >= 11 is 1.36. The maximum atomic E-state index is 13.3. The summed E-state index contributed by atoms with van der Waals surface area (Å²) in [6.07, 6.45) is 7.12. The van der Waals surface area contributed by atoms with Crippen molar-refractivity contribution in [2.75, 3.05) is 12.9 Å². The van der Waals surface area contributed by atoms with Crippen molar-refractivity contribution >= 4 is 17.7 Å². The Morgan fingerprint density at radius 2 is 1.91 bits per heavy atom. The number of carbonyl (C=O) groups excluding carboxylic acids is 1. The third kappa shape index (κ3) is 5.30. The number of ether oxygens (including phenoxy) is 1. The van der Waals surface area contributed by atoms with Crippen molar-refractivity contribution in [3.05, 3.63) is 66.2 Å². The molecule has 0 aliphatic heterocycles. The zero-order chi connectivity index (χ0) is 22.3. The van der Waals surface area contributed by atoms with E-state index in [2.05, 4.69) is 10.2 Å². The number of methoxy groups -OCH3 is 1. The van der Waals surface area contributed by atoms with Crippen molar-refractivity contribution in [2.24, 2.45) is 0 Å². The van der Waals surface area contributed by atoms with Gasteiger partial charge in [-0.3, -0.25) is 9.36 Å². The molecule has 0 bridgehead atoms. The molecule has 1 amide bonds. The third-order valence-corrected chi connectivity index (χ3v) is 6.72. The molecule has 3 aromatic rings. The fraction of sp³-hybridized carbons (Fsp3) is 0.375. The molecule has 0 unspecified atom stereocenters. The molecule has 32 heavy (non-hydrogen) atoms. The molecule has 0 saturated heterocycles. The zero-order valence-corrected chi connectivity index (χ0v) is 18.9. The summed E-state index contributed by atoms with van der Waals surface area (Å²) in [5.41, 5.74) is 1.76. The third-order valence-electron chi connectivity index (χ3n) is 5.79. The molecule has 1 fully saturated rings. The molecule has 1 aliphatic carbocycles. The Kier molecular flexibility index (Phi) is 7.42. The van der Waals surface area contributed by atoms with Crippen LogP contribution in [0.1, 0.15) is 37.7 Å². The number of amides is 1. The first kappa shape index (κ1) is 22.3. The minimum absolute atomic E-state index is 0.0563. The number of benzene rings is 2. The van der Waals surface area contributed by atoms with E-state index in [0.717, 1.165) is 36.9 Å². The second kappa shape index (κ2) is 10.6. The summed E-state index contributed by atoms with van der Waals surface area (Å²) in [5.74, 6) is 0.753. The molecule has 0 atom stereocenters. The van der Waals surface area contributed by atoms with Gasteiger partial charge in [-0.15, -0.1) is 10.2 Å². The summed E-state index contributed by atoms with van der Waals surface area (Å²) in [6.45, 7) is 0.490. The van der Waals surface area contributed by atoms with E-state index in [-0.39, 0.29) is 23.5 Å². The average Bonchev–Trinajstić information content (AvgIpc) is 3.31. The summed E-state index contributed by atoms with van der Waals surface area (Å²) in [5, 5.41) is 8.88. The molecule has 1 saturated carbocycles. The lowest BCUT2D eigenvalue weighted by Crippen LogP contribution is -2.42. The summed E-state index contributed by atoms with van der Waals surface area (Å²) < 4.78 is 20.6. The minimum atomic E-state index is -0.268. The number of aromatic nitrogens is 3. The van der Waals surface area contributed by atoms with Crippen LogP contribution in [0.3, 0.4) is 0 Å². The van der Waals surface area contributed by atoms with Gasteiger partial charge in [-0.1, -0.05) is 55.3 Å². The first-order valence-electron chi connectivity index (χ1n) is 10.9. The molecule has 168 valence electrons. The summed E-state index contributed by atoms with van der Waals surface area (Å²) in [7, 11) is 1.62. The number of halogens is 1. The molecular weight excluding hydrogens is 427 g/mol. The quantitative estimate of drug-likeness (QED) is 0.455. The molecule has 8 heteroatoms. The fourth-order valence-electron chi connectivity index (χ4n) is 4.13. The van der Waals surface area contributed by atoms with Gasteiger partial charge in [0.05, 0.1) is 18.6 Å². The van der Waals surface area contributed by atoms with E-state index in [9.17, 15) is 9.18 Å². The van der Waals surface area contributed by atoms with E-state index in [0.29, 0.717) is 17.5 Å². The molecular formula is C24H27FN4O2S. The van der Waals surface area contributed by atoms with Crippen molar-refractivity contribution in [1.29, 1.82) is 0 Å². The number of rotatable bonds is 8. The monoisotopic (exact) mass is 454 g/mol. The smallest absolute Gasteiger partial charge is 0.233 e. The minimum Gasteiger partial charge on any atom is -0.495 e. The molecule has 1 heterocycles. The lowest BCUT2D eigenvalue weighted by molar-refractivity contribution is -0.132. The largest absolute Gasteiger partial charge is 0.495 e. The standard InChI is InChI=1S/C24H27FN4O2S/c1-31-22-10-6-5-9-21(22)29-17-26-27-24(29)32-16-23(30)28(20-7-3-2-4-8-20)15-18-11-13-19(25)14-12-18/h5-6,9-14,17,20H,2-4,7-8,15-16H2,1H3. The second-order valence-electron chi connectivity index (χ2n) is 7.88. The Morgan fingerprint density at radius 1 is 1.16 bits per heavy atom. The van der Waals surface area contributed by atoms with Gasteiger partial charge in [0.25, 0.3) is 0 Å². The van der Waals surface area contributed by atoms with Crippen molar-refractivity contribution in [2.45, 2.75) is 49.8 Å². The topological polar surface area (TPSA) is 60.2 Å². The fourth-order valence-corrected chi connectivity index (χ4v) is 4.93. The number of para-hydroxylation sites is 2. The summed E-state index contributed by atoms with van der Waals surface area (Å²) in [6, 6.07) is 14.2. The highest BCUT2D eigenvalue weighted by molar-refractivity contribution is 7.99. The first-order chi connectivity index (χ1) is 15.7. The van der Waals surface area contributed by atoms with Crippen LogP contribution in [0.2, 0.25) is 0 Å². The van der Waals surface area contributed by atoms with Crippen LogP contribution in [0.5, 0.6) is 5.75 Å². The Labute approximate surface area is 191 Å². The maximum absolute atomic E-state index is 13.3. The molecule has 0 N–H and O–H groups in total. The Balaban J connectivity index is 1.49. The van der Waals surface area contributed by atoms with E-state index < -0.39 is 0 Å². The molecule has 2 aromatic carbocycles. The van der Waals surface area contributed by atoms with Crippen LogP contribution in [0, 0.1) is 5.82 Å². The van der Waals surface area contributed by atoms with Crippen molar-refractivity contribution < 1.29 is 13.9 Å². The number of hydrogen-bond acceptors (Lipinski definition) is 5. The van der Waals surface area contributed by atoms with Gasteiger partial charge in [-0.25, -0.2) is 4.39 Å². The van der Waals surface area contributed by atoms with Gasteiger partial charge >= 0.3 is 0 Å². The number of hydrogen-bond donors (Lipinski definition) is 0. The Hall–Kier alpha value is -2.87. The number of carbonyl (C=O) groups is 1. The van der Waals surface area contributed by atoms with Crippen molar-refractivity contribution in [3.63, 3.8) is 0 Å². The zero-order valence-electron chi connectivity index (χ0n) is 18.1. The van der Waals surface area contributed by atoms with Gasteiger partial charge in [0.2, 0.25) is 5.91 Å². The first-order valence-corrected chi connectivity index (χ1v) is 11.8. The highest BCUT2D eigenvalue weighted by atomic mass is 32.2. The molecule has 0 radical (unpaired) electrons. The molecule has 6 nitrogen and oxygen atoms in total. The number of nitrogens with zero attached hydrogens (tertiary/aromatic N) is 4. The predicted octanol–water partition coefficient (Wildman–Crippen LogP) is 4.87. The highest BCUT2D eigenvalue weighted by Crippen LogP contribution is 2.28. The SMILES string of the molecule is COc1ccccc1-n1cnnc1SCC(=O)N(Cc1ccc(F)cc1)C1CCCCC1. The summed E-state index contributed by atoms with van der Waals surface area (Å²) in [4.78, 5) is 15.3. The lowest BCUT2D eigenvalue weighted by Gasteiger charge is -2.34. The van der Waals surface area contributed by atoms with Crippen LogP contribution in [-0.2, 0) is 11.3 Å². The van der Waals surface area contributed by atoms with E-state index in [1.165, 1.54) is 30.3 Å². The van der Waals surface area contributed by atoms with E-state index >= 15 is 0 Å². The molecule has 1 aromatic heterocycles. The lowest BCUT2D eigenvalue weighted by atomic mass is 9.94. The van der Waals surface area contributed by atoms with Crippen LogP contribution < -0.4 is 4.74 Å². The van der Waals surface area contributed by atoms with Gasteiger partial charge < -0.3 is 9.64 Å². The predicted molar refractivity (Wildman–Crippen MR) is 122 cm³/mol. The van der Waals surface area contributed by atoms with Crippen LogP contribution >= 0.6 is 11.8 Å². The van der Waals surface area contributed by atoms with Crippen LogP contribution in [-0.4, -0.2) is 44.5 Å². The van der Waals surface area contributed by atoms with Gasteiger partial charge in [-0.2, -0.15) is 0 Å². The highest BCUT2D eigenvalue weighted by Gasteiger charge is 2.26. The van der Waals surface area contributed by atoms with Gasteiger partial charge in [-0.05, 0) is 42.7 Å². The van der Waals surface area contributed by atoms with Crippen molar-refractivity contribution in [3.8, 4) is 11.4 Å². The van der Waals surface area contributed by atoms with E-state index in [1.54, 1.807) is 25.6 Å². The van der Waals surface area contributed by atoms with E-state index in [1.807, 2.05) is 33.7 Å². The normalized spacial score (nSPS) is 14.3. The Morgan fingerprint density at radius 3 is 2.66 bits per heavy atom. The van der Waals surface area contributed by atoms with Gasteiger partial charge in [0, 0.05) is 12.6 Å². The molecule has 1 aliphatic rings. The average molecular weight is 455 g/mol. The van der Waals surface area contributed by atoms with Crippen LogP contribution in [0.25, 0.3) is 5.69 Å². The van der Waals surface area contributed by atoms with Gasteiger partial charge in [0.15, 0.2) is 5.16 Å². The second-order valence-corrected chi connectivity index (χ2v) is 8.83. The number of thioether (sulfide) groups is 1. The van der Waals surface area contributed by atoms with Crippen LogP contribution in [0.15, 0.2) is 60.0 Å². The van der Waals surface area contributed by atoms with Crippen molar-refractivity contribution in [1.82, 2.24) is 19.7 Å². The van der Waals surface area contributed by atoms with E-state index in [4.69, 9.17) is 4.74 Å². The molecule has 0 spiro atoms. The maximum Gasteiger partial charge on any atom is 0.233 e.